The van der Waals surface area contributed by atoms with Gasteiger partial charge in [0.15, 0.2) is 0 Å². The summed E-state index contributed by atoms with van der Waals surface area (Å²) in [5.74, 6) is 0.472. The number of nitrogens with one attached hydrogen (secondary N) is 1. The van der Waals surface area contributed by atoms with Gasteiger partial charge in [-0.15, -0.1) is 0 Å². The Morgan fingerprint density at radius 1 is 1.72 bits per heavy atom. The van der Waals surface area contributed by atoms with Crippen molar-refractivity contribution in [2.24, 2.45) is 5.73 Å². The maximum atomic E-state index is 12.2. The summed E-state index contributed by atoms with van der Waals surface area (Å²) >= 11 is 0. The fourth-order valence-corrected chi connectivity index (χ4v) is 2.59. The quantitative estimate of drug-likeness (QED) is 0.844. The highest BCUT2D eigenvalue weighted by atomic mass is 16.2. The van der Waals surface area contributed by atoms with Crippen molar-refractivity contribution in [2.75, 3.05) is 13.1 Å². The molecule has 1 aliphatic heterocycles. The topological polar surface area (TPSA) is 75.0 Å². The van der Waals surface area contributed by atoms with Crippen LogP contribution in [-0.2, 0) is 4.79 Å². The smallest absolute Gasteiger partial charge is 0.239 e. The Labute approximate surface area is 108 Å². The molecular formula is C13H22N4O. The fraction of sp³-hybridized carbons (Fsp3) is 0.692. The van der Waals surface area contributed by atoms with Gasteiger partial charge < -0.3 is 10.6 Å². The average Bonchev–Trinajstić information content (AvgIpc) is 2.92. The number of piperidine rings is 1. The molecule has 1 aromatic rings. The van der Waals surface area contributed by atoms with Crippen LogP contribution in [0, 0.1) is 0 Å². The van der Waals surface area contributed by atoms with Crippen molar-refractivity contribution in [2.45, 2.75) is 44.6 Å². The van der Waals surface area contributed by atoms with E-state index >= 15 is 0 Å². The number of carbonyl (C=O) groups excluding carboxylic acids is 1. The Hall–Kier alpha value is -1.36. The zero-order valence-corrected chi connectivity index (χ0v) is 10.9. The van der Waals surface area contributed by atoms with Gasteiger partial charge in [-0.3, -0.25) is 9.89 Å². The van der Waals surface area contributed by atoms with E-state index in [1.807, 2.05) is 11.0 Å². The number of nitrogens with two attached hydrogens (primary N) is 1. The Bertz CT molecular complexity index is 376. The van der Waals surface area contributed by atoms with Crippen molar-refractivity contribution in [1.82, 2.24) is 15.1 Å². The highest BCUT2D eigenvalue weighted by molar-refractivity contribution is 5.81. The molecule has 100 valence electrons. The van der Waals surface area contributed by atoms with Crippen LogP contribution in [0.5, 0.6) is 0 Å². The number of rotatable bonds is 4. The maximum Gasteiger partial charge on any atom is 0.239 e. The zero-order chi connectivity index (χ0) is 13.0. The van der Waals surface area contributed by atoms with Crippen LogP contribution in [0.4, 0.5) is 0 Å². The molecule has 1 unspecified atom stereocenters. The van der Waals surface area contributed by atoms with Crippen molar-refractivity contribution in [1.29, 1.82) is 0 Å². The summed E-state index contributed by atoms with van der Waals surface area (Å²) in [6, 6.07) is 1.65. The Kier molecular flexibility index (Phi) is 4.36. The third-order valence-electron chi connectivity index (χ3n) is 3.61. The summed E-state index contributed by atoms with van der Waals surface area (Å²) in [5.41, 5.74) is 7.03. The van der Waals surface area contributed by atoms with Crippen molar-refractivity contribution >= 4 is 5.91 Å². The van der Waals surface area contributed by atoms with Gasteiger partial charge in [-0.05, 0) is 25.3 Å². The van der Waals surface area contributed by atoms with Crippen LogP contribution in [0.1, 0.15) is 44.2 Å². The minimum atomic E-state index is -0.337. The molecular weight excluding hydrogens is 228 g/mol. The Morgan fingerprint density at radius 3 is 3.22 bits per heavy atom. The van der Waals surface area contributed by atoms with Crippen LogP contribution >= 0.6 is 0 Å². The summed E-state index contributed by atoms with van der Waals surface area (Å²) in [6.45, 7) is 3.65. The molecule has 0 bridgehead atoms. The number of aromatic amines is 1. The molecule has 1 aromatic heterocycles. The number of aromatic nitrogens is 2. The minimum Gasteiger partial charge on any atom is -0.341 e. The van der Waals surface area contributed by atoms with Gasteiger partial charge in [-0.25, -0.2) is 0 Å². The lowest BCUT2D eigenvalue weighted by atomic mass is 9.94. The zero-order valence-electron chi connectivity index (χ0n) is 10.9. The molecule has 0 radical (unpaired) electrons. The molecule has 5 heteroatoms. The number of likely N-dealkylation sites (tertiary alicyclic amines) is 1. The first-order valence-electron chi connectivity index (χ1n) is 6.76. The lowest BCUT2D eigenvalue weighted by Gasteiger charge is -2.33. The first kappa shape index (κ1) is 13.1. The molecule has 5 nitrogen and oxygen atoms in total. The molecule has 1 aliphatic rings. The van der Waals surface area contributed by atoms with Crippen molar-refractivity contribution in [3.63, 3.8) is 0 Å². The van der Waals surface area contributed by atoms with Gasteiger partial charge in [0.1, 0.15) is 0 Å². The van der Waals surface area contributed by atoms with Gasteiger partial charge in [-0.2, -0.15) is 5.10 Å². The summed E-state index contributed by atoms with van der Waals surface area (Å²) in [4.78, 5) is 14.1. The molecule has 18 heavy (non-hydrogen) atoms. The van der Waals surface area contributed by atoms with E-state index < -0.39 is 0 Å². The third kappa shape index (κ3) is 2.90. The summed E-state index contributed by atoms with van der Waals surface area (Å²) < 4.78 is 0. The fourth-order valence-electron chi connectivity index (χ4n) is 2.59. The molecule has 1 fully saturated rings. The molecule has 0 aromatic carbocycles. The summed E-state index contributed by atoms with van der Waals surface area (Å²) in [6.07, 6.45) is 5.62. The number of hydrogen-bond donors (Lipinski definition) is 2. The Balaban J connectivity index is 1.96. The summed E-state index contributed by atoms with van der Waals surface area (Å²) in [5, 5.41) is 6.98. The molecule has 3 N–H and O–H groups in total. The van der Waals surface area contributed by atoms with E-state index in [9.17, 15) is 4.79 Å². The second-order valence-corrected chi connectivity index (χ2v) is 5.03. The van der Waals surface area contributed by atoms with Crippen LogP contribution in [0.25, 0.3) is 0 Å². The van der Waals surface area contributed by atoms with E-state index in [0.717, 1.165) is 44.5 Å². The van der Waals surface area contributed by atoms with E-state index in [2.05, 4.69) is 17.1 Å². The van der Waals surface area contributed by atoms with Crippen LogP contribution < -0.4 is 5.73 Å². The average molecular weight is 250 g/mol. The van der Waals surface area contributed by atoms with Crippen LogP contribution in [-0.4, -0.2) is 40.1 Å². The predicted octanol–water partition coefficient (Wildman–Crippen LogP) is 1.24. The highest BCUT2D eigenvalue weighted by Gasteiger charge is 2.27. The molecule has 0 spiro atoms. The molecule has 0 aliphatic carbocycles. The maximum absolute atomic E-state index is 12.2. The van der Waals surface area contributed by atoms with E-state index in [0.29, 0.717) is 5.92 Å². The first-order valence-corrected chi connectivity index (χ1v) is 6.76. The second-order valence-electron chi connectivity index (χ2n) is 5.03. The van der Waals surface area contributed by atoms with Gasteiger partial charge >= 0.3 is 0 Å². The van der Waals surface area contributed by atoms with Gasteiger partial charge in [-0.1, -0.05) is 13.3 Å². The van der Waals surface area contributed by atoms with E-state index in [-0.39, 0.29) is 11.9 Å². The van der Waals surface area contributed by atoms with Crippen molar-refractivity contribution in [3.05, 3.63) is 18.0 Å². The largest absolute Gasteiger partial charge is 0.341 e. The van der Waals surface area contributed by atoms with Crippen LogP contribution in [0.3, 0.4) is 0 Å². The van der Waals surface area contributed by atoms with E-state index in [1.54, 1.807) is 6.20 Å². The molecule has 1 amide bonds. The number of carbonyl (C=O) groups is 1. The predicted molar refractivity (Wildman–Crippen MR) is 70.0 cm³/mol. The van der Waals surface area contributed by atoms with Gasteiger partial charge in [0, 0.05) is 30.9 Å². The molecule has 1 saturated heterocycles. The standard InChI is InChI=1S/C13H22N4O/c1-2-4-11(14)13(18)17-8-3-5-10(9-17)12-6-7-15-16-12/h6-7,10-11H,2-5,8-9,14H2,1H3,(H,15,16)/t10?,11-/m0/s1. The van der Waals surface area contributed by atoms with Gasteiger partial charge in [0.2, 0.25) is 5.91 Å². The third-order valence-corrected chi connectivity index (χ3v) is 3.61. The first-order chi connectivity index (χ1) is 8.72. The van der Waals surface area contributed by atoms with Gasteiger partial charge in [0.25, 0.3) is 0 Å². The number of nitrogens with zero attached hydrogens (tertiary/aromatic N) is 2. The molecule has 2 heterocycles. The Morgan fingerprint density at radius 2 is 2.56 bits per heavy atom. The van der Waals surface area contributed by atoms with E-state index in [1.165, 1.54) is 0 Å². The van der Waals surface area contributed by atoms with E-state index in [4.69, 9.17) is 5.73 Å². The monoisotopic (exact) mass is 250 g/mol. The second kappa shape index (κ2) is 6.00. The lowest BCUT2D eigenvalue weighted by Crippen LogP contribution is -2.47. The number of amides is 1. The van der Waals surface area contributed by atoms with Crippen molar-refractivity contribution < 1.29 is 4.79 Å². The molecule has 2 rings (SSSR count). The van der Waals surface area contributed by atoms with Crippen molar-refractivity contribution in [3.8, 4) is 0 Å². The molecule has 2 atom stereocenters. The summed E-state index contributed by atoms with van der Waals surface area (Å²) in [7, 11) is 0. The molecule has 0 saturated carbocycles. The van der Waals surface area contributed by atoms with Gasteiger partial charge in [0.05, 0.1) is 6.04 Å². The number of hydrogen-bond acceptors (Lipinski definition) is 3. The number of H-pyrrole nitrogens is 1. The minimum absolute atomic E-state index is 0.0982. The SMILES string of the molecule is CCC[C@H](N)C(=O)N1CCCC(c2ccn[nH]2)C1. The lowest BCUT2D eigenvalue weighted by molar-refractivity contribution is -0.134. The normalized spacial score (nSPS) is 21.9. The highest BCUT2D eigenvalue weighted by Crippen LogP contribution is 2.25. The van der Waals surface area contributed by atoms with Crippen LogP contribution in [0.15, 0.2) is 12.3 Å². The van der Waals surface area contributed by atoms with Crippen LogP contribution in [0.2, 0.25) is 0 Å².